The Hall–Kier alpha value is -1.40. The Labute approximate surface area is 116 Å². The number of piperidine rings is 1. The topological polar surface area (TPSA) is 70.8 Å². The van der Waals surface area contributed by atoms with Gasteiger partial charge in [0.2, 0.25) is 5.95 Å². The molecule has 102 valence electrons. The Kier molecular flexibility index (Phi) is 3.52. The molecule has 1 atom stereocenters. The van der Waals surface area contributed by atoms with Gasteiger partial charge in [0.15, 0.2) is 5.82 Å². The summed E-state index contributed by atoms with van der Waals surface area (Å²) in [7, 11) is 0. The van der Waals surface area contributed by atoms with E-state index in [0.29, 0.717) is 5.92 Å². The van der Waals surface area contributed by atoms with Crippen molar-refractivity contribution < 1.29 is 0 Å². The Morgan fingerprint density at radius 3 is 2.89 bits per heavy atom. The number of nitrogens with one attached hydrogen (secondary N) is 1. The molecule has 5 nitrogen and oxygen atoms in total. The molecule has 1 unspecified atom stereocenters. The van der Waals surface area contributed by atoms with Crippen molar-refractivity contribution in [2.45, 2.75) is 25.8 Å². The summed E-state index contributed by atoms with van der Waals surface area (Å²) in [6.45, 7) is 4.09. The van der Waals surface area contributed by atoms with Crippen molar-refractivity contribution in [2.75, 3.05) is 18.0 Å². The van der Waals surface area contributed by atoms with Gasteiger partial charge in [-0.2, -0.15) is 4.98 Å². The third kappa shape index (κ3) is 2.64. The maximum absolute atomic E-state index is 5.96. The lowest BCUT2D eigenvalue weighted by Gasteiger charge is -2.32. The van der Waals surface area contributed by atoms with Crippen LogP contribution in [0.5, 0.6) is 0 Å². The summed E-state index contributed by atoms with van der Waals surface area (Å²) in [5, 5.41) is 9.40. The summed E-state index contributed by atoms with van der Waals surface area (Å²) < 4.78 is 0. The molecular weight excluding hydrogens is 258 g/mol. The molecule has 1 aliphatic heterocycles. The van der Waals surface area contributed by atoms with Crippen molar-refractivity contribution in [1.82, 2.24) is 15.2 Å². The molecule has 1 fully saturated rings. The number of hydrogen-bond acceptors (Lipinski definition) is 5. The second-order valence-electron chi connectivity index (χ2n) is 5.14. The standard InChI is InChI=1S/C13H19N5S/c1-9(14)10-4-6-18(7-5-10)13-15-12(16-17-13)11-3-2-8-19-11/h2-3,8-10H,4-7,14H2,1H3,(H,15,16,17). The molecule has 1 saturated heterocycles. The van der Waals surface area contributed by atoms with Gasteiger partial charge in [0, 0.05) is 19.1 Å². The first-order chi connectivity index (χ1) is 9.24. The summed E-state index contributed by atoms with van der Waals surface area (Å²) in [5.41, 5.74) is 5.96. The van der Waals surface area contributed by atoms with Gasteiger partial charge in [-0.15, -0.1) is 16.4 Å². The zero-order chi connectivity index (χ0) is 13.2. The van der Waals surface area contributed by atoms with Crippen LogP contribution in [0.4, 0.5) is 5.95 Å². The average molecular weight is 277 g/mol. The van der Waals surface area contributed by atoms with Crippen LogP contribution in [0.2, 0.25) is 0 Å². The normalized spacial score (nSPS) is 18.7. The van der Waals surface area contributed by atoms with Crippen molar-refractivity contribution in [3.63, 3.8) is 0 Å². The minimum Gasteiger partial charge on any atom is -0.340 e. The molecule has 0 radical (unpaired) electrons. The number of nitrogens with zero attached hydrogens (tertiary/aromatic N) is 3. The van der Waals surface area contributed by atoms with Crippen molar-refractivity contribution >= 4 is 17.3 Å². The summed E-state index contributed by atoms with van der Waals surface area (Å²) >= 11 is 1.67. The lowest BCUT2D eigenvalue weighted by molar-refractivity contribution is 0.352. The van der Waals surface area contributed by atoms with Crippen LogP contribution in [0.15, 0.2) is 17.5 Å². The van der Waals surface area contributed by atoms with Crippen molar-refractivity contribution in [3.8, 4) is 10.7 Å². The van der Waals surface area contributed by atoms with E-state index in [1.54, 1.807) is 11.3 Å². The van der Waals surface area contributed by atoms with Crippen molar-refractivity contribution in [3.05, 3.63) is 17.5 Å². The highest BCUT2D eigenvalue weighted by atomic mass is 32.1. The van der Waals surface area contributed by atoms with Crippen LogP contribution in [-0.4, -0.2) is 34.3 Å². The van der Waals surface area contributed by atoms with E-state index in [1.165, 1.54) is 0 Å². The highest BCUT2D eigenvalue weighted by Gasteiger charge is 2.24. The van der Waals surface area contributed by atoms with Gasteiger partial charge < -0.3 is 10.6 Å². The third-order valence-corrected chi connectivity index (χ3v) is 4.67. The smallest absolute Gasteiger partial charge is 0.245 e. The zero-order valence-electron chi connectivity index (χ0n) is 11.0. The summed E-state index contributed by atoms with van der Waals surface area (Å²) in [6.07, 6.45) is 2.25. The molecule has 0 aliphatic carbocycles. The number of hydrogen-bond donors (Lipinski definition) is 2. The fraction of sp³-hybridized carbons (Fsp3) is 0.538. The predicted octanol–water partition coefficient (Wildman–Crippen LogP) is 2.10. The minimum absolute atomic E-state index is 0.288. The highest BCUT2D eigenvalue weighted by molar-refractivity contribution is 7.13. The molecule has 2 aromatic heterocycles. The van der Waals surface area contributed by atoms with Crippen LogP contribution < -0.4 is 10.6 Å². The molecule has 0 saturated carbocycles. The molecule has 19 heavy (non-hydrogen) atoms. The quantitative estimate of drug-likeness (QED) is 0.901. The molecule has 2 aromatic rings. The Morgan fingerprint density at radius 2 is 2.26 bits per heavy atom. The molecule has 3 N–H and O–H groups in total. The first-order valence-corrected chi connectivity index (χ1v) is 7.59. The van der Waals surface area contributed by atoms with Gasteiger partial charge in [-0.1, -0.05) is 6.07 Å². The Morgan fingerprint density at radius 1 is 1.47 bits per heavy atom. The predicted molar refractivity (Wildman–Crippen MR) is 78.3 cm³/mol. The van der Waals surface area contributed by atoms with E-state index < -0.39 is 0 Å². The average Bonchev–Trinajstić information content (AvgIpc) is 3.10. The molecule has 6 heteroatoms. The van der Waals surface area contributed by atoms with Crippen LogP contribution in [0.3, 0.4) is 0 Å². The van der Waals surface area contributed by atoms with Crippen LogP contribution >= 0.6 is 11.3 Å². The van der Waals surface area contributed by atoms with E-state index in [9.17, 15) is 0 Å². The number of aromatic amines is 1. The van der Waals surface area contributed by atoms with Gasteiger partial charge in [0.25, 0.3) is 0 Å². The first kappa shape index (κ1) is 12.6. The first-order valence-electron chi connectivity index (χ1n) is 6.71. The second-order valence-corrected chi connectivity index (χ2v) is 6.09. The monoisotopic (exact) mass is 277 g/mol. The maximum Gasteiger partial charge on any atom is 0.245 e. The van der Waals surface area contributed by atoms with Gasteiger partial charge in [-0.25, -0.2) is 0 Å². The van der Waals surface area contributed by atoms with E-state index in [4.69, 9.17) is 5.73 Å². The maximum atomic E-state index is 5.96. The second kappa shape index (κ2) is 5.30. The van der Waals surface area contributed by atoms with Gasteiger partial charge in [-0.05, 0) is 37.1 Å². The van der Waals surface area contributed by atoms with Gasteiger partial charge in [0.05, 0.1) is 4.88 Å². The van der Waals surface area contributed by atoms with Crippen LogP contribution in [0, 0.1) is 5.92 Å². The third-order valence-electron chi connectivity index (χ3n) is 3.79. The molecule has 3 heterocycles. The van der Waals surface area contributed by atoms with E-state index in [2.05, 4.69) is 33.1 Å². The van der Waals surface area contributed by atoms with Gasteiger partial charge in [0.1, 0.15) is 0 Å². The van der Waals surface area contributed by atoms with Crippen LogP contribution in [0.1, 0.15) is 19.8 Å². The number of H-pyrrole nitrogens is 1. The van der Waals surface area contributed by atoms with Crippen molar-refractivity contribution in [2.24, 2.45) is 11.7 Å². The summed E-state index contributed by atoms with van der Waals surface area (Å²) in [4.78, 5) is 7.96. The Balaban J connectivity index is 1.68. The number of anilines is 1. The summed E-state index contributed by atoms with van der Waals surface area (Å²) in [5.74, 6) is 2.30. The van der Waals surface area contributed by atoms with Gasteiger partial charge in [-0.3, -0.25) is 5.10 Å². The Bertz CT molecular complexity index is 511. The molecule has 1 aliphatic rings. The highest BCUT2D eigenvalue weighted by Crippen LogP contribution is 2.25. The summed E-state index contributed by atoms with van der Waals surface area (Å²) in [6, 6.07) is 4.36. The van der Waals surface area contributed by atoms with Crippen molar-refractivity contribution in [1.29, 1.82) is 0 Å². The number of rotatable bonds is 3. The number of nitrogens with two attached hydrogens (primary N) is 1. The molecule has 0 amide bonds. The number of thiophene rings is 1. The molecule has 0 spiro atoms. The number of aromatic nitrogens is 3. The lowest BCUT2D eigenvalue weighted by Crippen LogP contribution is -2.40. The molecule has 0 aromatic carbocycles. The fourth-order valence-corrected chi connectivity index (χ4v) is 3.21. The zero-order valence-corrected chi connectivity index (χ0v) is 11.9. The van der Waals surface area contributed by atoms with Crippen LogP contribution in [0.25, 0.3) is 10.7 Å². The van der Waals surface area contributed by atoms with E-state index in [-0.39, 0.29) is 6.04 Å². The van der Waals surface area contributed by atoms with E-state index in [0.717, 1.165) is 42.6 Å². The SMILES string of the molecule is CC(N)C1CCN(c2n[nH]c(-c3cccs3)n2)CC1. The minimum atomic E-state index is 0.288. The van der Waals surface area contributed by atoms with Gasteiger partial charge >= 0.3 is 0 Å². The largest absolute Gasteiger partial charge is 0.340 e. The molecular formula is C13H19N5S. The van der Waals surface area contributed by atoms with E-state index >= 15 is 0 Å². The molecule has 0 bridgehead atoms. The lowest BCUT2D eigenvalue weighted by atomic mass is 9.91. The van der Waals surface area contributed by atoms with Crippen LogP contribution in [-0.2, 0) is 0 Å². The molecule has 3 rings (SSSR count). The fourth-order valence-electron chi connectivity index (χ4n) is 2.54. The van der Waals surface area contributed by atoms with E-state index in [1.807, 2.05) is 11.4 Å².